The van der Waals surface area contributed by atoms with E-state index in [9.17, 15) is 0 Å². The molecule has 0 radical (unpaired) electrons. The maximum atomic E-state index is 2.40. The van der Waals surface area contributed by atoms with Gasteiger partial charge in [-0.2, -0.15) is 0 Å². The number of rotatable bonds is 8. The molecule has 0 amide bonds. The van der Waals surface area contributed by atoms with Gasteiger partial charge in [0.2, 0.25) is 0 Å². The van der Waals surface area contributed by atoms with Crippen molar-refractivity contribution in [1.82, 2.24) is 0 Å². The number of allylic oxidation sites excluding steroid dienone is 8. The van der Waals surface area contributed by atoms with Crippen LogP contribution in [0.1, 0.15) is 65.2 Å². The van der Waals surface area contributed by atoms with Gasteiger partial charge in [-0.15, -0.1) is 0 Å². The fourth-order valence-electron chi connectivity index (χ4n) is 2.67. The Hall–Kier alpha value is -0.456. The third-order valence-corrected chi connectivity index (χ3v) is 6.18. The van der Waals surface area contributed by atoms with Gasteiger partial charge in [0.15, 0.2) is 0 Å². The molecule has 0 saturated carbocycles. The van der Waals surface area contributed by atoms with Gasteiger partial charge in [0, 0.05) is 0 Å². The van der Waals surface area contributed by atoms with E-state index in [0.717, 1.165) is 0 Å². The summed E-state index contributed by atoms with van der Waals surface area (Å²) in [6.45, 7) is 4.58. The minimum atomic E-state index is 0.298. The first-order chi connectivity index (χ1) is 9.35. The summed E-state index contributed by atoms with van der Waals surface area (Å²) in [5.74, 6) is 0. The van der Waals surface area contributed by atoms with Crippen molar-refractivity contribution in [2.75, 3.05) is 0 Å². The van der Waals surface area contributed by atoms with Gasteiger partial charge in [0.25, 0.3) is 0 Å². The second-order valence-electron chi connectivity index (χ2n) is 5.48. The van der Waals surface area contributed by atoms with Crippen LogP contribution in [0.15, 0.2) is 44.0 Å². The molecule has 0 unspecified atom stereocenters. The number of hydrogen-bond donors (Lipinski definition) is 0. The van der Waals surface area contributed by atoms with Crippen LogP contribution in [-0.2, 0) is 16.3 Å². The fourth-order valence-corrected chi connectivity index (χ4v) is 4.82. The molecule has 19 heavy (non-hydrogen) atoms. The van der Waals surface area contributed by atoms with Crippen LogP contribution >= 0.6 is 0 Å². The maximum absolute atomic E-state index is 2.40. The average Bonchev–Trinajstić information content (AvgIpc) is 3.04. The topological polar surface area (TPSA) is 0 Å². The van der Waals surface area contributed by atoms with Gasteiger partial charge in [-0.05, 0) is 0 Å². The van der Waals surface area contributed by atoms with Gasteiger partial charge in [-0.25, -0.2) is 0 Å². The van der Waals surface area contributed by atoms with E-state index in [0.29, 0.717) is 16.3 Å². The van der Waals surface area contributed by atoms with Crippen LogP contribution in [0.25, 0.3) is 0 Å². The number of unbranched alkanes of at least 4 members (excludes halogenated alkanes) is 2. The first kappa shape index (κ1) is 14.9. The van der Waals surface area contributed by atoms with E-state index >= 15 is 0 Å². The summed E-state index contributed by atoms with van der Waals surface area (Å²) in [4.78, 5) is 0. The monoisotopic (exact) mass is 293 g/mol. The molecular weight excluding hydrogens is 267 g/mol. The quantitative estimate of drug-likeness (QED) is 0.524. The Kier molecular flexibility index (Phi) is 6.27. The van der Waals surface area contributed by atoms with Crippen LogP contribution in [0.2, 0.25) is 0 Å². The van der Waals surface area contributed by atoms with Crippen molar-refractivity contribution in [2.45, 2.75) is 65.2 Å². The molecule has 0 aliphatic heterocycles. The summed E-state index contributed by atoms with van der Waals surface area (Å²) in [6, 6.07) is 0. The molecule has 0 atom stereocenters. The van der Waals surface area contributed by atoms with Crippen LogP contribution in [0.4, 0.5) is 0 Å². The molecule has 2 aliphatic carbocycles. The van der Waals surface area contributed by atoms with Crippen LogP contribution in [0.3, 0.4) is 0 Å². The first-order valence-corrected chi connectivity index (χ1v) is 9.23. The zero-order valence-electron chi connectivity index (χ0n) is 12.4. The zero-order chi connectivity index (χ0) is 13.5. The van der Waals surface area contributed by atoms with Gasteiger partial charge in [-0.3, -0.25) is 0 Å². The molecule has 103 valence electrons. The number of hydrogen-bond acceptors (Lipinski definition) is 0. The van der Waals surface area contributed by atoms with Crippen LogP contribution < -0.4 is 0 Å². The summed E-state index contributed by atoms with van der Waals surface area (Å²) in [7, 11) is 0. The van der Waals surface area contributed by atoms with Gasteiger partial charge >= 0.3 is 126 Å². The van der Waals surface area contributed by atoms with E-state index in [1.807, 2.05) is 0 Å². The molecule has 2 aliphatic rings. The Bertz CT molecular complexity index is 381. The molecule has 0 aromatic carbocycles. The molecule has 1 heteroatoms. The predicted octanol–water partition coefficient (Wildman–Crippen LogP) is 5.88. The van der Waals surface area contributed by atoms with Crippen molar-refractivity contribution >= 4 is 0 Å². The molecule has 0 spiro atoms. The van der Waals surface area contributed by atoms with E-state index in [4.69, 9.17) is 0 Å². The minimum absolute atomic E-state index is 0.298. The van der Waals surface area contributed by atoms with Crippen molar-refractivity contribution in [3.63, 3.8) is 0 Å². The Morgan fingerprint density at radius 2 is 1.32 bits per heavy atom. The standard InChI is InChI=1S/2C9H13.V/c2*1-2-3-6-9-7-4-5-8-9;/h2*4,7H,2-3,5-6H2,1H3;. The van der Waals surface area contributed by atoms with Crippen LogP contribution in [0, 0.1) is 0 Å². The molecule has 0 aromatic heterocycles. The Morgan fingerprint density at radius 1 is 0.842 bits per heavy atom. The molecule has 0 saturated heterocycles. The second-order valence-corrected chi connectivity index (χ2v) is 7.51. The SMILES string of the molecule is CCCCC1=[C]([V][C]2=C(CCCC)C=CC2)CC=C1. The third kappa shape index (κ3) is 4.26. The van der Waals surface area contributed by atoms with E-state index in [2.05, 4.69) is 38.2 Å². The fraction of sp³-hybridized carbons (Fsp3) is 0.556. The molecule has 0 fully saturated rings. The Morgan fingerprint density at radius 3 is 1.74 bits per heavy atom. The summed E-state index contributed by atoms with van der Waals surface area (Å²) in [6.07, 6.45) is 20.0. The average molecular weight is 293 g/mol. The van der Waals surface area contributed by atoms with Crippen molar-refractivity contribution in [2.24, 2.45) is 0 Å². The van der Waals surface area contributed by atoms with Crippen LogP contribution in [0.5, 0.6) is 0 Å². The summed E-state index contributed by atoms with van der Waals surface area (Å²) in [5.41, 5.74) is 3.35. The molecule has 0 bridgehead atoms. The van der Waals surface area contributed by atoms with E-state index < -0.39 is 0 Å². The first-order valence-electron chi connectivity index (χ1n) is 7.84. The van der Waals surface area contributed by atoms with Crippen molar-refractivity contribution in [3.05, 3.63) is 44.0 Å². The summed E-state index contributed by atoms with van der Waals surface area (Å²) >= 11 is 0.298. The van der Waals surface area contributed by atoms with E-state index in [1.165, 1.54) is 51.4 Å². The Labute approximate surface area is 125 Å². The van der Waals surface area contributed by atoms with Gasteiger partial charge in [0.1, 0.15) is 0 Å². The summed E-state index contributed by atoms with van der Waals surface area (Å²) in [5, 5.41) is 0. The van der Waals surface area contributed by atoms with Crippen molar-refractivity contribution in [1.29, 1.82) is 0 Å². The predicted molar refractivity (Wildman–Crippen MR) is 80.6 cm³/mol. The molecule has 0 aromatic rings. The van der Waals surface area contributed by atoms with Gasteiger partial charge in [-0.1, -0.05) is 0 Å². The molecule has 0 N–H and O–H groups in total. The van der Waals surface area contributed by atoms with Crippen molar-refractivity contribution < 1.29 is 16.3 Å². The molecule has 0 nitrogen and oxygen atoms in total. The van der Waals surface area contributed by atoms with Gasteiger partial charge < -0.3 is 0 Å². The van der Waals surface area contributed by atoms with Crippen LogP contribution in [-0.4, -0.2) is 0 Å². The van der Waals surface area contributed by atoms with Gasteiger partial charge in [0.05, 0.1) is 0 Å². The second kappa shape index (κ2) is 7.97. The molecule has 0 heterocycles. The van der Waals surface area contributed by atoms with Crippen molar-refractivity contribution in [3.8, 4) is 0 Å². The zero-order valence-corrected chi connectivity index (χ0v) is 13.8. The molecule has 2 rings (SSSR count). The Balaban J connectivity index is 1.99. The third-order valence-electron chi connectivity index (χ3n) is 3.87. The van der Waals surface area contributed by atoms with E-state index in [1.54, 1.807) is 19.7 Å². The molecular formula is C18H26V. The summed E-state index contributed by atoms with van der Waals surface area (Å²) < 4.78 is 3.58. The normalized spacial score (nSPS) is 18.0. The van der Waals surface area contributed by atoms with E-state index in [-0.39, 0.29) is 0 Å².